The van der Waals surface area contributed by atoms with Crippen molar-refractivity contribution in [2.75, 3.05) is 13.1 Å². The van der Waals surface area contributed by atoms with Crippen molar-refractivity contribution in [1.29, 1.82) is 0 Å². The topological polar surface area (TPSA) is 34.5 Å². The molecule has 0 N–H and O–H groups in total. The molecule has 2 unspecified atom stereocenters. The zero-order valence-electron chi connectivity index (χ0n) is 13.1. The van der Waals surface area contributed by atoms with Crippen molar-refractivity contribution in [1.82, 2.24) is 9.47 Å². The molecule has 4 nitrogen and oxygen atoms in total. The predicted molar refractivity (Wildman–Crippen MR) is 85.9 cm³/mol. The highest BCUT2D eigenvalue weighted by Crippen LogP contribution is 2.16. The summed E-state index contributed by atoms with van der Waals surface area (Å²) < 4.78 is 7.73. The molecule has 1 fully saturated rings. The highest BCUT2D eigenvalue weighted by atomic mass is 16.5. The smallest absolute Gasteiger partial charge is 0.270 e. The molecule has 4 heteroatoms. The molecule has 0 aliphatic carbocycles. The average Bonchev–Trinajstić information content (AvgIpc) is 2.94. The van der Waals surface area contributed by atoms with Gasteiger partial charge in [0, 0.05) is 25.8 Å². The Morgan fingerprint density at radius 2 is 1.77 bits per heavy atom. The van der Waals surface area contributed by atoms with Crippen LogP contribution in [0.5, 0.6) is 0 Å². The summed E-state index contributed by atoms with van der Waals surface area (Å²) in [5.41, 5.74) is 1.93. The monoisotopic (exact) mass is 298 g/mol. The van der Waals surface area contributed by atoms with E-state index in [1.807, 2.05) is 59.8 Å². The van der Waals surface area contributed by atoms with Crippen molar-refractivity contribution in [2.24, 2.45) is 0 Å². The van der Waals surface area contributed by atoms with Crippen LogP contribution in [0.2, 0.25) is 0 Å². The normalized spacial score (nSPS) is 21.8. The molecule has 22 heavy (non-hydrogen) atoms. The van der Waals surface area contributed by atoms with Gasteiger partial charge in [0.15, 0.2) is 0 Å². The van der Waals surface area contributed by atoms with Crippen LogP contribution in [0.3, 0.4) is 0 Å². The summed E-state index contributed by atoms with van der Waals surface area (Å²) >= 11 is 0. The molecular formula is C18H22N2O2. The van der Waals surface area contributed by atoms with Gasteiger partial charge in [0.1, 0.15) is 5.69 Å². The van der Waals surface area contributed by atoms with Crippen LogP contribution in [0.15, 0.2) is 48.7 Å². The van der Waals surface area contributed by atoms with E-state index < -0.39 is 0 Å². The van der Waals surface area contributed by atoms with E-state index in [0.29, 0.717) is 19.6 Å². The highest BCUT2D eigenvalue weighted by molar-refractivity contribution is 5.93. The van der Waals surface area contributed by atoms with Crippen molar-refractivity contribution in [3.05, 3.63) is 59.9 Å². The lowest BCUT2D eigenvalue weighted by Crippen LogP contribution is -2.48. The standard InChI is InChI=1S/C18H22N2O2/c1-14-11-20(12-15(2)22-14)18(21)17-9-6-10-19(17)13-16-7-4-3-5-8-16/h3-10,14-15H,11-13H2,1-2H3. The van der Waals surface area contributed by atoms with E-state index in [9.17, 15) is 4.79 Å². The second kappa shape index (κ2) is 6.36. The van der Waals surface area contributed by atoms with E-state index in [1.54, 1.807) is 0 Å². The number of amides is 1. The first-order chi connectivity index (χ1) is 10.6. The summed E-state index contributed by atoms with van der Waals surface area (Å²) in [5.74, 6) is 0.0860. The number of hydrogen-bond donors (Lipinski definition) is 0. The highest BCUT2D eigenvalue weighted by Gasteiger charge is 2.27. The van der Waals surface area contributed by atoms with Crippen LogP contribution in [0.4, 0.5) is 0 Å². The number of nitrogens with zero attached hydrogens (tertiary/aromatic N) is 2. The molecule has 116 valence electrons. The summed E-state index contributed by atoms with van der Waals surface area (Å²) in [5, 5.41) is 0. The van der Waals surface area contributed by atoms with Gasteiger partial charge in [-0.15, -0.1) is 0 Å². The van der Waals surface area contributed by atoms with Crippen LogP contribution in [0.1, 0.15) is 29.9 Å². The maximum Gasteiger partial charge on any atom is 0.270 e. The number of aromatic nitrogens is 1. The SMILES string of the molecule is CC1CN(C(=O)c2cccn2Cc2ccccc2)CC(C)O1. The van der Waals surface area contributed by atoms with Crippen molar-refractivity contribution in [3.8, 4) is 0 Å². The molecule has 0 bridgehead atoms. The lowest BCUT2D eigenvalue weighted by molar-refractivity contribution is -0.0588. The Morgan fingerprint density at radius 1 is 1.09 bits per heavy atom. The summed E-state index contributed by atoms with van der Waals surface area (Å²) in [6, 6.07) is 14.0. The molecule has 1 aliphatic rings. The number of ether oxygens (including phenoxy) is 1. The van der Waals surface area contributed by atoms with Gasteiger partial charge in [-0.05, 0) is 31.5 Å². The average molecular weight is 298 g/mol. The quantitative estimate of drug-likeness (QED) is 0.873. The van der Waals surface area contributed by atoms with Gasteiger partial charge in [0.25, 0.3) is 5.91 Å². The lowest BCUT2D eigenvalue weighted by Gasteiger charge is -2.35. The Morgan fingerprint density at radius 3 is 2.45 bits per heavy atom. The maximum absolute atomic E-state index is 12.8. The van der Waals surface area contributed by atoms with E-state index in [-0.39, 0.29) is 18.1 Å². The Hall–Kier alpha value is -2.07. The van der Waals surface area contributed by atoms with Gasteiger partial charge in [0.2, 0.25) is 0 Å². The second-order valence-corrected chi connectivity index (χ2v) is 5.97. The van der Waals surface area contributed by atoms with E-state index in [2.05, 4.69) is 12.1 Å². The molecular weight excluding hydrogens is 276 g/mol. The molecule has 1 aromatic carbocycles. The number of hydrogen-bond acceptors (Lipinski definition) is 2. The van der Waals surface area contributed by atoms with Crippen LogP contribution in [-0.4, -0.2) is 40.7 Å². The molecule has 1 amide bonds. The van der Waals surface area contributed by atoms with E-state index in [4.69, 9.17) is 4.74 Å². The first-order valence-electron chi connectivity index (χ1n) is 7.77. The number of carbonyl (C=O) groups is 1. The fourth-order valence-electron chi connectivity index (χ4n) is 3.03. The first-order valence-corrected chi connectivity index (χ1v) is 7.77. The van der Waals surface area contributed by atoms with Crippen LogP contribution >= 0.6 is 0 Å². The Kier molecular flexibility index (Phi) is 4.29. The van der Waals surface area contributed by atoms with Gasteiger partial charge in [-0.25, -0.2) is 0 Å². The van der Waals surface area contributed by atoms with Gasteiger partial charge >= 0.3 is 0 Å². The number of rotatable bonds is 3. The van der Waals surface area contributed by atoms with Gasteiger partial charge in [-0.3, -0.25) is 4.79 Å². The number of carbonyl (C=O) groups excluding carboxylic acids is 1. The zero-order chi connectivity index (χ0) is 15.5. The maximum atomic E-state index is 12.8. The molecule has 2 heterocycles. The minimum atomic E-state index is 0.0860. The van der Waals surface area contributed by atoms with Crippen LogP contribution < -0.4 is 0 Å². The van der Waals surface area contributed by atoms with Crippen molar-refractivity contribution in [2.45, 2.75) is 32.6 Å². The van der Waals surface area contributed by atoms with E-state index >= 15 is 0 Å². The Bertz CT molecular complexity index is 626. The molecule has 0 saturated carbocycles. The van der Waals surface area contributed by atoms with Crippen LogP contribution in [-0.2, 0) is 11.3 Å². The summed E-state index contributed by atoms with van der Waals surface area (Å²) in [6.45, 7) is 6.04. The first kappa shape index (κ1) is 14.9. The summed E-state index contributed by atoms with van der Waals surface area (Å²) in [7, 11) is 0. The molecule has 2 aromatic rings. The zero-order valence-corrected chi connectivity index (χ0v) is 13.1. The van der Waals surface area contributed by atoms with Gasteiger partial charge < -0.3 is 14.2 Å². The molecule has 0 radical (unpaired) electrons. The second-order valence-electron chi connectivity index (χ2n) is 5.97. The molecule has 3 rings (SSSR count). The van der Waals surface area contributed by atoms with Gasteiger partial charge in [-0.2, -0.15) is 0 Å². The molecule has 1 aromatic heterocycles. The van der Waals surface area contributed by atoms with Gasteiger partial charge in [0.05, 0.1) is 12.2 Å². The third-order valence-corrected chi connectivity index (χ3v) is 3.95. The third kappa shape index (κ3) is 3.22. The minimum Gasteiger partial charge on any atom is -0.372 e. The number of morpholine rings is 1. The summed E-state index contributed by atoms with van der Waals surface area (Å²) in [4.78, 5) is 14.7. The molecule has 1 saturated heterocycles. The minimum absolute atomic E-state index is 0.0860. The lowest BCUT2D eigenvalue weighted by atomic mass is 10.2. The van der Waals surface area contributed by atoms with Crippen LogP contribution in [0, 0.1) is 0 Å². The van der Waals surface area contributed by atoms with Crippen molar-refractivity contribution in [3.63, 3.8) is 0 Å². The van der Waals surface area contributed by atoms with Crippen molar-refractivity contribution >= 4 is 5.91 Å². The van der Waals surface area contributed by atoms with Crippen molar-refractivity contribution < 1.29 is 9.53 Å². The predicted octanol–water partition coefficient (Wildman–Crippen LogP) is 2.79. The number of benzene rings is 1. The Balaban J connectivity index is 1.77. The van der Waals surface area contributed by atoms with E-state index in [1.165, 1.54) is 5.56 Å². The fraction of sp³-hybridized carbons (Fsp3) is 0.389. The molecule has 0 spiro atoms. The molecule has 1 aliphatic heterocycles. The van der Waals surface area contributed by atoms with E-state index in [0.717, 1.165) is 5.69 Å². The fourth-order valence-corrected chi connectivity index (χ4v) is 3.03. The van der Waals surface area contributed by atoms with Gasteiger partial charge in [-0.1, -0.05) is 30.3 Å². The molecule has 2 atom stereocenters. The summed E-state index contributed by atoms with van der Waals surface area (Å²) in [6.07, 6.45) is 2.14. The van der Waals surface area contributed by atoms with Crippen LogP contribution in [0.25, 0.3) is 0 Å². The third-order valence-electron chi connectivity index (χ3n) is 3.95. The largest absolute Gasteiger partial charge is 0.372 e. The Labute approximate surface area is 131 Å².